The Bertz CT molecular complexity index is 1540. The third-order valence-corrected chi connectivity index (χ3v) is 17.0. The molecule has 51 heavy (non-hydrogen) atoms. The molecule has 10 heteroatoms. The number of nitrogens with one attached hydrogen (secondary N) is 1. The van der Waals surface area contributed by atoms with E-state index in [2.05, 4.69) is 83.3 Å². The van der Waals surface area contributed by atoms with Gasteiger partial charge in [-0.2, -0.15) is 0 Å². The van der Waals surface area contributed by atoms with Crippen molar-refractivity contribution >= 4 is 20.1 Å². The highest BCUT2D eigenvalue weighted by atomic mass is 28.4. The van der Waals surface area contributed by atoms with Gasteiger partial charge in [0.15, 0.2) is 0 Å². The lowest BCUT2D eigenvalue weighted by atomic mass is 9.84. The van der Waals surface area contributed by atoms with Crippen LogP contribution >= 0.6 is 0 Å². The van der Waals surface area contributed by atoms with Gasteiger partial charge < -0.3 is 39.1 Å². The van der Waals surface area contributed by atoms with Gasteiger partial charge in [-0.25, -0.2) is 4.79 Å². The van der Waals surface area contributed by atoms with E-state index in [1.165, 1.54) is 10.5 Å². The topological polar surface area (TPSA) is 110 Å². The Hall–Kier alpha value is -3.57. The predicted molar refractivity (Wildman–Crippen MR) is 205 cm³/mol. The third kappa shape index (κ3) is 9.09. The SMILES string of the molecule is COCCCc1ccc(CC(OC2CN(C(=O)O)CC(O[Si](C(C)C)(C(C)C)C(C)C)C2c2ccc(O)cc2)c2ccc3c(c2)NCCO3)cc1. The lowest BCUT2D eigenvalue weighted by Gasteiger charge is -2.50. The summed E-state index contributed by atoms with van der Waals surface area (Å²) in [5.41, 5.74) is 6.20. The largest absolute Gasteiger partial charge is 0.508 e. The Kier molecular flexibility index (Phi) is 13.1. The molecule has 9 nitrogen and oxygen atoms in total. The van der Waals surface area contributed by atoms with Crippen LogP contribution in [0.15, 0.2) is 66.7 Å². The summed E-state index contributed by atoms with van der Waals surface area (Å²) in [5, 5.41) is 24.2. The van der Waals surface area contributed by atoms with Gasteiger partial charge >= 0.3 is 6.09 Å². The zero-order valence-corrected chi connectivity index (χ0v) is 32.4. The van der Waals surface area contributed by atoms with Crippen molar-refractivity contribution in [3.05, 3.63) is 89.0 Å². The predicted octanol–water partition coefficient (Wildman–Crippen LogP) is 8.78. The minimum atomic E-state index is -2.45. The number of amides is 1. The first kappa shape index (κ1) is 38.7. The zero-order chi connectivity index (χ0) is 36.7. The number of ether oxygens (including phenoxy) is 3. The Morgan fingerprint density at radius 2 is 1.57 bits per heavy atom. The molecule has 0 aliphatic carbocycles. The fourth-order valence-electron chi connectivity index (χ4n) is 8.46. The molecule has 0 radical (unpaired) electrons. The van der Waals surface area contributed by atoms with Crippen LogP contribution in [0.4, 0.5) is 10.5 Å². The molecule has 278 valence electrons. The number of anilines is 1. The minimum Gasteiger partial charge on any atom is -0.508 e. The van der Waals surface area contributed by atoms with Crippen molar-refractivity contribution < 1.29 is 33.6 Å². The highest BCUT2D eigenvalue weighted by Gasteiger charge is 2.51. The van der Waals surface area contributed by atoms with Crippen LogP contribution in [0, 0.1) is 0 Å². The molecule has 2 aliphatic heterocycles. The number of likely N-dealkylation sites (tertiary alicyclic amines) is 1. The molecular formula is C41H58N2O7Si. The van der Waals surface area contributed by atoms with Crippen LogP contribution in [0.2, 0.25) is 16.6 Å². The van der Waals surface area contributed by atoms with Crippen molar-refractivity contribution in [2.75, 3.05) is 45.3 Å². The van der Waals surface area contributed by atoms with Crippen LogP contribution < -0.4 is 10.1 Å². The summed E-state index contributed by atoms with van der Waals surface area (Å²) in [5.74, 6) is 0.722. The Labute approximate surface area is 305 Å². The Morgan fingerprint density at radius 1 is 0.922 bits per heavy atom. The van der Waals surface area contributed by atoms with Crippen LogP contribution in [-0.2, 0) is 26.7 Å². The standard InChI is InChI=1S/C41H58N2O7Si/c1-27(2)51(28(3)4,29(5)6)50-39-26-43(41(45)46)25-38(40(39)32-14-17-34(44)18-15-32)49-37(33-16-19-36-35(24-33)42-20-22-48-36)23-31-12-10-30(11-13-31)9-8-21-47-7/h10-19,24,27-29,37-40,42,44H,8-9,20-23,25-26H2,1-7H3,(H,45,46). The van der Waals surface area contributed by atoms with Gasteiger partial charge in [0.2, 0.25) is 8.32 Å². The number of hydrogen-bond donors (Lipinski definition) is 3. The van der Waals surface area contributed by atoms with E-state index < -0.39 is 26.6 Å². The van der Waals surface area contributed by atoms with Crippen molar-refractivity contribution in [2.45, 2.75) is 102 Å². The maximum absolute atomic E-state index is 12.8. The number of carboxylic acid groups (broad SMARTS) is 1. The van der Waals surface area contributed by atoms with Crippen LogP contribution in [0.25, 0.3) is 0 Å². The fourth-order valence-corrected chi connectivity index (χ4v) is 14.0. The highest BCUT2D eigenvalue weighted by Crippen LogP contribution is 2.47. The van der Waals surface area contributed by atoms with Crippen molar-refractivity contribution in [3.8, 4) is 11.5 Å². The van der Waals surface area contributed by atoms with Gasteiger partial charge in [0.05, 0.1) is 30.5 Å². The summed E-state index contributed by atoms with van der Waals surface area (Å²) in [6.07, 6.45) is 0.168. The van der Waals surface area contributed by atoms with Crippen LogP contribution in [0.5, 0.6) is 11.5 Å². The molecule has 3 N–H and O–H groups in total. The summed E-state index contributed by atoms with van der Waals surface area (Å²) in [6.45, 7) is 16.0. The third-order valence-electron chi connectivity index (χ3n) is 10.9. The van der Waals surface area contributed by atoms with Crippen molar-refractivity contribution in [1.82, 2.24) is 4.90 Å². The van der Waals surface area contributed by atoms with E-state index in [1.54, 1.807) is 19.2 Å². The number of piperidine rings is 1. The number of aromatic hydroxyl groups is 1. The molecule has 5 rings (SSSR count). The number of fused-ring (bicyclic) bond motifs is 1. The number of benzene rings is 3. The number of aryl methyl sites for hydroxylation is 1. The molecule has 1 fully saturated rings. The molecule has 1 amide bonds. The van der Waals surface area contributed by atoms with Gasteiger partial charge in [-0.05, 0) is 76.0 Å². The molecule has 4 unspecified atom stereocenters. The molecular weight excluding hydrogens is 661 g/mol. The monoisotopic (exact) mass is 718 g/mol. The Balaban J connectivity index is 1.56. The van der Waals surface area contributed by atoms with Gasteiger partial charge in [-0.15, -0.1) is 0 Å². The van der Waals surface area contributed by atoms with E-state index in [0.29, 0.717) is 29.7 Å². The van der Waals surface area contributed by atoms with Gasteiger partial charge in [0, 0.05) is 39.1 Å². The van der Waals surface area contributed by atoms with E-state index in [9.17, 15) is 15.0 Å². The van der Waals surface area contributed by atoms with Gasteiger partial charge in [0.1, 0.15) is 18.1 Å². The summed E-state index contributed by atoms with van der Waals surface area (Å²) in [6, 6.07) is 22.1. The molecule has 3 aromatic rings. The maximum atomic E-state index is 12.8. The van der Waals surface area contributed by atoms with Crippen LogP contribution in [-0.4, -0.2) is 81.7 Å². The molecule has 0 bridgehead atoms. The molecule has 0 aromatic heterocycles. The lowest BCUT2D eigenvalue weighted by Crippen LogP contribution is -2.59. The van der Waals surface area contributed by atoms with E-state index in [-0.39, 0.29) is 30.9 Å². The average Bonchev–Trinajstić information content (AvgIpc) is 3.10. The van der Waals surface area contributed by atoms with Crippen molar-refractivity contribution in [3.63, 3.8) is 0 Å². The quantitative estimate of drug-likeness (QED) is 0.106. The molecule has 4 atom stereocenters. The fraction of sp³-hybridized carbons (Fsp3) is 0.537. The number of phenolic OH excluding ortho intramolecular Hbond substituents is 1. The van der Waals surface area contributed by atoms with E-state index in [4.69, 9.17) is 18.6 Å². The minimum absolute atomic E-state index is 0.180. The molecule has 1 saturated heterocycles. The summed E-state index contributed by atoms with van der Waals surface area (Å²) in [7, 11) is -0.721. The smallest absolute Gasteiger partial charge is 0.407 e. The van der Waals surface area contributed by atoms with E-state index in [0.717, 1.165) is 54.1 Å². The van der Waals surface area contributed by atoms with Crippen molar-refractivity contribution in [2.24, 2.45) is 0 Å². The first-order valence-electron chi connectivity index (χ1n) is 18.6. The normalized spacial score (nSPS) is 19.9. The highest BCUT2D eigenvalue weighted by molar-refractivity contribution is 6.77. The number of rotatable bonds is 15. The van der Waals surface area contributed by atoms with Crippen LogP contribution in [0.1, 0.15) is 82.2 Å². The average molecular weight is 719 g/mol. The van der Waals surface area contributed by atoms with Crippen LogP contribution in [0.3, 0.4) is 0 Å². The zero-order valence-electron chi connectivity index (χ0n) is 31.4. The van der Waals surface area contributed by atoms with Crippen molar-refractivity contribution in [1.29, 1.82) is 0 Å². The second-order valence-corrected chi connectivity index (χ2v) is 20.5. The second kappa shape index (κ2) is 17.3. The van der Waals surface area contributed by atoms with Gasteiger partial charge in [-0.1, -0.05) is 84.0 Å². The summed E-state index contributed by atoms with van der Waals surface area (Å²) >= 11 is 0. The Morgan fingerprint density at radius 3 is 2.20 bits per heavy atom. The maximum Gasteiger partial charge on any atom is 0.407 e. The van der Waals surface area contributed by atoms with Gasteiger partial charge in [0.25, 0.3) is 0 Å². The molecule has 2 heterocycles. The first-order chi connectivity index (χ1) is 24.4. The van der Waals surface area contributed by atoms with Gasteiger partial charge in [-0.3, -0.25) is 0 Å². The first-order valence-corrected chi connectivity index (χ1v) is 20.7. The summed E-state index contributed by atoms with van der Waals surface area (Å²) < 4.78 is 25.9. The number of carbonyl (C=O) groups is 1. The number of phenols is 1. The number of nitrogens with zero attached hydrogens (tertiary/aromatic N) is 1. The number of hydrogen-bond acceptors (Lipinski definition) is 7. The van der Waals surface area contributed by atoms with E-state index >= 15 is 0 Å². The molecule has 2 aliphatic rings. The molecule has 3 aromatic carbocycles. The lowest BCUT2D eigenvalue weighted by molar-refractivity contribution is -0.0888. The van der Waals surface area contributed by atoms with E-state index in [1.807, 2.05) is 18.2 Å². The molecule has 0 spiro atoms. The second-order valence-electron chi connectivity index (χ2n) is 15.1. The molecule has 0 saturated carbocycles. The summed E-state index contributed by atoms with van der Waals surface area (Å²) in [4.78, 5) is 14.3. The number of methoxy groups -OCH3 is 1.